The van der Waals surface area contributed by atoms with Crippen LogP contribution in [0.1, 0.15) is 24.0 Å². The minimum atomic E-state index is -0.235. The van der Waals surface area contributed by atoms with E-state index in [4.69, 9.17) is 16.9 Å². The summed E-state index contributed by atoms with van der Waals surface area (Å²) < 4.78 is 0. The number of nitriles is 1. The zero-order chi connectivity index (χ0) is 14.5. The Hall–Kier alpha value is -1.77. The van der Waals surface area contributed by atoms with Crippen LogP contribution in [-0.2, 0) is 0 Å². The fourth-order valence-corrected chi connectivity index (χ4v) is 2.42. The number of carbonyl (C=O) groups is 1. The molecule has 3 N–H and O–H groups in total. The molecular weight excluding hydrogens is 276 g/mol. The Balaban J connectivity index is 2.00. The fourth-order valence-electron chi connectivity index (χ4n) is 2.21. The van der Waals surface area contributed by atoms with Crippen molar-refractivity contribution < 1.29 is 4.79 Å². The van der Waals surface area contributed by atoms with E-state index in [2.05, 4.69) is 16.0 Å². The average Bonchev–Trinajstić information content (AvgIpc) is 2.43. The highest BCUT2D eigenvalue weighted by molar-refractivity contribution is 6.32. The highest BCUT2D eigenvalue weighted by Gasteiger charge is 2.16. The first kappa shape index (κ1) is 14.6. The summed E-state index contributed by atoms with van der Waals surface area (Å²) in [6, 6.07) is 5.26. The smallest absolute Gasteiger partial charge is 0.319 e. The van der Waals surface area contributed by atoms with Crippen molar-refractivity contribution in [3.8, 4) is 6.07 Å². The molecule has 106 valence electrons. The van der Waals surface area contributed by atoms with Crippen molar-refractivity contribution in [2.24, 2.45) is 0 Å². The third kappa shape index (κ3) is 3.62. The van der Waals surface area contributed by atoms with E-state index in [1.807, 2.05) is 13.0 Å². The molecule has 1 heterocycles. The van der Waals surface area contributed by atoms with E-state index >= 15 is 0 Å². The Kier molecular flexibility index (Phi) is 4.83. The number of carbonyl (C=O) groups excluding carboxylic acids is 1. The molecule has 6 heteroatoms. The molecule has 1 saturated heterocycles. The second-order valence-corrected chi connectivity index (χ2v) is 5.29. The molecule has 1 aromatic carbocycles. The molecule has 0 saturated carbocycles. The van der Waals surface area contributed by atoms with E-state index in [0.29, 0.717) is 16.3 Å². The van der Waals surface area contributed by atoms with Gasteiger partial charge in [-0.05, 0) is 50.6 Å². The Bertz CT molecular complexity index is 547. The minimum absolute atomic E-state index is 0.199. The quantitative estimate of drug-likeness (QED) is 0.783. The van der Waals surface area contributed by atoms with Crippen LogP contribution in [0.4, 0.5) is 10.5 Å². The van der Waals surface area contributed by atoms with Crippen LogP contribution in [-0.4, -0.2) is 25.2 Å². The van der Waals surface area contributed by atoms with Gasteiger partial charge in [-0.3, -0.25) is 0 Å². The van der Waals surface area contributed by atoms with Gasteiger partial charge in [-0.15, -0.1) is 0 Å². The van der Waals surface area contributed by atoms with Gasteiger partial charge in [-0.2, -0.15) is 5.26 Å². The van der Waals surface area contributed by atoms with Crippen LogP contribution in [0.5, 0.6) is 0 Å². The van der Waals surface area contributed by atoms with Crippen molar-refractivity contribution in [3.63, 3.8) is 0 Å². The largest absolute Gasteiger partial charge is 0.335 e. The molecule has 0 unspecified atom stereocenters. The van der Waals surface area contributed by atoms with Crippen LogP contribution in [0.25, 0.3) is 0 Å². The number of benzene rings is 1. The maximum atomic E-state index is 11.9. The first-order valence-electron chi connectivity index (χ1n) is 6.58. The molecule has 1 fully saturated rings. The van der Waals surface area contributed by atoms with Crippen molar-refractivity contribution in [1.82, 2.24) is 10.6 Å². The first-order chi connectivity index (χ1) is 9.60. The van der Waals surface area contributed by atoms with E-state index in [1.165, 1.54) is 0 Å². The van der Waals surface area contributed by atoms with Gasteiger partial charge in [0.05, 0.1) is 10.6 Å². The molecule has 0 spiro atoms. The summed E-state index contributed by atoms with van der Waals surface area (Å²) in [7, 11) is 0. The SMILES string of the molecule is Cc1cc(C#N)c(Cl)cc1NC(=O)NC1CCNCC1. The number of nitrogens with zero attached hydrogens (tertiary/aromatic N) is 1. The summed E-state index contributed by atoms with van der Waals surface area (Å²) in [4.78, 5) is 11.9. The highest BCUT2D eigenvalue weighted by atomic mass is 35.5. The molecule has 0 aromatic heterocycles. The van der Waals surface area contributed by atoms with Gasteiger partial charge in [0.2, 0.25) is 0 Å². The van der Waals surface area contributed by atoms with Crippen LogP contribution in [0.2, 0.25) is 5.02 Å². The molecular formula is C14H17ClN4O. The summed E-state index contributed by atoms with van der Waals surface area (Å²) >= 11 is 5.97. The number of hydrogen-bond donors (Lipinski definition) is 3. The van der Waals surface area contributed by atoms with E-state index in [-0.39, 0.29) is 12.1 Å². The zero-order valence-electron chi connectivity index (χ0n) is 11.3. The van der Waals surface area contributed by atoms with E-state index in [1.54, 1.807) is 12.1 Å². The number of hydrogen-bond acceptors (Lipinski definition) is 3. The lowest BCUT2D eigenvalue weighted by molar-refractivity contribution is 0.245. The van der Waals surface area contributed by atoms with Crippen molar-refractivity contribution in [2.45, 2.75) is 25.8 Å². The van der Waals surface area contributed by atoms with Gasteiger partial charge >= 0.3 is 6.03 Å². The molecule has 2 rings (SSSR count). The van der Waals surface area contributed by atoms with E-state index < -0.39 is 0 Å². The normalized spacial score (nSPS) is 15.4. The summed E-state index contributed by atoms with van der Waals surface area (Å²) in [6.07, 6.45) is 1.86. The zero-order valence-corrected chi connectivity index (χ0v) is 12.0. The highest BCUT2D eigenvalue weighted by Crippen LogP contribution is 2.24. The van der Waals surface area contributed by atoms with Crippen LogP contribution < -0.4 is 16.0 Å². The van der Waals surface area contributed by atoms with Gasteiger partial charge < -0.3 is 16.0 Å². The summed E-state index contributed by atoms with van der Waals surface area (Å²) in [5, 5.41) is 18.2. The lowest BCUT2D eigenvalue weighted by Gasteiger charge is -2.24. The van der Waals surface area contributed by atoms with Gasteiger partial charge in [0.25, 0.3) is 0 Å². The molecule has 0 aliphatic carbocycles. The lowest BCUT2D eigenvalue weighted by Crippen LogP contribution is -2.44. The first-order valence-corrected chi connectivity index (χ1v) is 6.96. The number of rotatable bonds is 2. The van der Waals surface area contributed by atoms with E-state index in [0.717, 1.165) is 31.5 Å². The fraction of sp³-hybridized carbons (Fsp3) is 0.429. The van der Waals surface area contributed by atoms with Gasteiger partial charge in [-0.1, -0.05) is 11.6 Å². The van der Waals surface area contributed by atoms with Gasteiger partial charge in [0.1, 0.15) is 6.07 Å². The standard InChI is InChI=1S/C14H17ClN4O/c1-9-6-10(8-16)12(15)7-13(9)19-14(20)18-11-2-4-17-5-3-11/h6-7,11,17H,2-5H2,1H3,(H2,18,19,20). The summed E-state index contributed by atoms with van der Waals surface area (Å²) in [5.41, 5.74) is 1.85. The maximum Gasteiger partial charge on any atom is 0.319 e. The lowest BCUT2D eigenvalue weighted by atomic mass is 10.1. The minimum Gasteiger partial charge on any atom is -0.335 e. The molecule has 1 aliphatic heterocycles. The van der Waals surface area contributed by atoms with Crippen molar-refractivity contribution in [2.75, 3.05) is 18.4 Å². The van der Waals surface area contributed by atoms with Crippen LogP contribution >= 0.6 is 11.6 Å². The molecule has 0 radical (unpaired) electrons. The number of amides is 2. The number of aryl methyl sites for hydroxylation is 1. The predicted octanol–water partition coefficient (Wildman–Crippen LogP) is 2.39. The Morgan fingerprint density at radius 3 is 2.80 bits per heavy atom. The predicted molar refractivity (Wildman–Crippen MR) is 79.0 cm³/mol. The molecule has 20 heavy (non-hydrogen) atoms. The van der Waals surface area contributed by atoms with Crippen LogP contribution in [0.15, 0.2) is 12.1 Å². The van der Waals surface area contributed by atoms with Crippen molar-refractivity contribution in [3.05, 3.63) is 28.3 Å². The molecule has 0 atom stereocenters. The monoisotopic (exact) mass is 292 g/mol. The Morgan fingerprint density at radius 1 is 1.45 bits per heavy atom. The average molecular weight is 293 g/mol. The van der Waals surface area contributed by atoms with Gasteiger partial charge in [-0.25, -0.2) is 4.79 Å². The number of anilines is 1. The Morgan fingerprint density at radius 2 is 2.15 bits per heavy atom. The summed E-state index contributed by atoms with van der Waals surface area (Å²) in [6.45, 7) is 3.68. The second-order valence-electron chi connectivity index (χ2n) is 4.88. The number of piperidine rings is 1. The topological polar surface area (TPSA) is 77.0 Å². The van der Waals surface area contributed by atoms with Crippen molar-refractivity contribution >= 4 is 23.3 Å². The third-order valence-corrected chi connectivity index (χ3v) is 3.67. The third-order valence-electron chi connectivity index (χ3n) is 3.36. The molecule has 5 nitrogen and oxygen atoms in total. The van der Waals surface area contributed by atoms with E-state index in [9.17, 15) is 4.79 Å². The molecule has 1 aromatic rings. The van der Waals surface area contributed by atoms with Crippen LogP contribution in [0.3, 0.4) is 0 Å². The number of nitrogens with one attached hydrogen (secondary N) is 3. The van der Waals surface area contributed by atoms with Crippen molar-refractivity contribution in [1.29, 1.82) is 5.26 Å². The van der Waals surface area contributed by atoms with Gasteiger partial charge in [0, 0.05) is 11.7 Å². The summed E-state index contributed by atoms with van der Waals surface area (Å²) in [5.74, 6) is 0. The van der Waals surface area contributed by atoms with Gasteiger partial charge in [0.15, 0.2) is 0 Å². The Labute approximate surface area is 123 Å². The molecule has 2 amide bonds. The molecule has 0 bridgehead atoms. The second kappa shape index (κ2) is 6.60. The maximum absolute atomic E-state index is 11.9. The number of urea groups is 1. The molecule has 1 aliphatic rings. The van der Waals surface area contributed by atoms with Crippen LogP contribution in [0, 0.1) is 18.3 Å². The number of halogens is 1.